The summed E-state index contributed by atoms with van der Waals surface area (Å²) in [5, 5.41) is 8.65. The summed E-state index contributed by atoms with van der Waals surface area (Å²) in [6, 6.07) is 0.372. The molecule has 3 heteroatoms. The van der Waals surface area contributed by atoms with Gasteiger partial charge in [-0.25, -0.2) is 0 Å². The molecule has 1 saturated heterocycles. The smallest absolute Gasteiger partial charge is 0.0431 e. The van der Waals surface area contributed by atoms with E-state index in [4.69, 9.17) is 10.8 Å². The highest BCUT2D eigenvalue weighted by atomic mass is 16.2. The first-order valence-electron chi connectivity index (χ1n) is 5.81. The first-order valence-corrected chi connectivity index (χ1v) is 5.81. The first kappa shape index (κ1) is 12.0. The lowest BCUT2D eigenvalue weighted by Gasteiger charge is -2.34. The van der Waals surface area contributed by atoms with E-state index in [0.29, 0.717) is 12.6 Å². The summed E-state index contributed by atoms with van der Waals surface area (Å²) in [4.78, 5) is 2.47. The summed E-state index contributed by atoms with van der Waals surface area (Å²) in [6.45, 7) is 6.02. The lowest BCUT2D eigenvalue weighted by molar-refractivity contribution is 0.161. The van der Waals surface area contributed by atoms with Crippen LogP contribution in [0.15, 0.2) is 0 Å². The van der Waals surface area contributed by atoms with Crippen molar-refractivity contribution in [1.29, 1.82) is 0 Å². The molecule has 0 aliphatic carbocycles. The molecule has 2 atom stereocenters. The van der Waals surface area contributed by atoms with Crippen molar-refractivity contribution < 1.29 is 5.11 Å². The van der Waals surface area contributed by atoms with E-state index in [0.717, 1.165) is 31.8 Å². The minimum Gasteiger partial charge on any atom is -0.396 e. The predicted molar refractivity (Wildman–Crippen MR) is 59.1 cm³/mol. The lowest BCUT2D eigenvalue weighted by Crippen LogP contribution is -2.46. The molecule has 14 heavy (non-hydrogen) atoms. The topological polar surface area (TPSA) is 49.5 Å². The molecule has 1 heterocycles. The van der Waals surface area contributed by atoms with Gasteiger partial charge in [-0.05, 0) is 38.1 Å². The van der Waals surface area contributed by atoms with Crippen LogP contribution in [0.3, 0.4) is 0 Å². The van der Waals surface area contributed by atoms with Gasteiger partial charge in [-0.2, -0.15) is 0 Å². The SMILES string of the molecule is CC1CC(N)CN(CCCCCO)C1. The van der Waals surface area contributed by atoms with E-state index in [-0.39, 0.29) is 0 Å². The number of nitrogens with zero attached hydrogens (tertiary/aromatic N) is 1. The van der Waals surface area contributed by atoms with Gasteiger partial charge in [0.2, 0.25) is 0 Å². The van der Waals surface area contributed by atoms with Gasteiger partial charge in [-0.3, -0.25) is 0 Å². The van der Waals surface area contributed by atoms with Crippen LogP contribution in [0.5, 0.6) is 0 Å². The van der Waals surface area contributed by atoms with Crippen molar-refractivity contribution >= 4 is 0 Å². The molecule has 0 radical (unpaired) electrons. The van der Waals surface area contributed by atoms with Gasteiger partial charge in [-0.15, -0.1) is 0 Å². The predicted octanol–water partition coefficient (Wildman–Crippen LogP) is 0.818. The minimum atomic E-state index is 0.329. The Kier molecular flexibility index (Phi) is 5.45. The maximum atomic E-state index is 8.65. The molecule has 3 N–H and O–H groups in total. The van der Waals surface area contributed by atoms with Gasteiger partial charge in [0.05, 0.1) is 0 Å². The summed E-state index contributed by atoms with van der Waals surface area (Å²) < 4.78 is 0. The molecule has 0 amide bonds. The number of rotatable bonds is 5. The summed E-state index contributed by atoms with van der Waals surface area (Å²) in [7, 11) is 0. The van der Waals surface area contributed by atoms with Gasteiger partial charge in [0.1, 0.15) is 0 Å². The van der Waals surface area contributed by atoms with E-state index < -0.39 is 0 Å². The van der Waals surface area contributed by atoms with Crippen LogP contribution in [0, 0.1) is 5.92 Å². The number of likely N-dealkylation sites (tertiary alicyclic amines) is 1. The summed E-state index contributed by atoms with van der Waals surface area (Å²) >= 11 is 0. The van der Waals surface area contributed by atoms with Gasteiger partial charge >= 0.3 is 0 Å². The van der Waals surface area contributed by atoms with Crippen molar-refractivity contribution in [1.82, 2.24) is 4.90 Å². The molecule has 0 aromatic heterocycles. The van der Waals surface area contributed by atoms with E-state index in [9.17, 15) is 0 Å². The maximum absolute atomic E-state index is 8.65. The molecule has 1 rings (SSSR count). The third-order valence-electron chi connectivity index (χ3n) is 2.90. The average Bonchev–Trinajstić information content (AvgIpc) is 2.11. The largest absolute Gasteiger partial charge is 0.396 e. The van der Waals surface area contributed by atoms with Crippen molar-refractivity contribution in [3.05, 3.63) is 0 Å². The Morgan fingerprint density at radius 2 is 2.07 bits per heavy atom. The summed E-state index contributed by atoms with van der Waals surface area (Å²) in [5.41, 5.74) is 5.96. The van der Waals surface area contributed by atoms with Gasteiger partial charge in [0, 0.05) is 25.7 Å². The highest BCUT2D eigenvalue weighted by molar-refractivity contribution is 4.78. The molecule has 2 unspecified atom stereocenters. The molecule has 0 saturated carbocycles. The number of hydrogen-bond donors (Lipinski definition) is 2. The Balaban J connectivity index is 2.10. The molecule has 1 fully saturated rings. The molecule has 0 bridgehead atoms. The zero-order valence-corrected chi connectivity index (χ0v) is 9.28. The quantitative estimate of drug-likeness (QED) is 0.646. The summed E-state index contributed by atoms with van der Waals surface area (Å²) in [5.74, 6) is 0.747. The Morgan fingerprint density at radius 3 is 2.71 bits per heavy atom. The number of aliphatic hydroxyl groups is 1. The van der Waals surface area contributed by atoms with E-state index in [2.05, 4.69) is 11.8 Å². The molecule has 84 valence electrons. The van der Waals surface area contributed by atoms with Gasteiger partial charge in [0.25, 0.3) is 0 Å². The van der Waals surface area contributed by atoms with Crippen LogP contribution >= 0.6 is 0 Å². The van der Waals surface area contributed by atoms with Crippen LogP contribution in [0.25, 0.3) is 0 Å². The van der Waals surface area contributed by atoms with Crippen LogP contribution in [0.4, 0.5) is 0 Å². The number of hydrogen-bond acceptors (Lipinski definition) is 3. The van der Waals surface area contributed by atoms with Gasteiger partial charge in [-0.1, -0.05) is 6.92 Å². The highest BCUT2D eigenvalue weighted by Crippen LogP contribution is 2.15. The fourth-order valence-corrected chi connectivity index (χ4v) is 2.32. The molecule has 3 nitrogen and oxygen atoms in total. The fourth-order valence-electron chi connectivity index (χ4n) is 2.32. The van der Waals surface area contributed by atoms with Gasteiger partial charge < -0.3 is 15.7 Å². The zero-order chi connectivity index (χ0) is 10.4. The monoisotopic (exact) mass is 200 g/mol. The fraction of sp³-hybridized carbons (Fsp3) is 1.00. The summed E-state index contributed by atoms with van der Waals surface area (Å²) in [6.07, 6.45) is 4.44. The first-order chi connectivity index (χ1) is 6.72. The zero-order valence-electron chi connectivity index (χ0n) is 9.28. The molecule has 0 aromatic rings. The third kappa shape index (κ3) is 4.40. The highest BCUT2D eigenvalue weighted by Gasteiger charge is 2.21. The molecular weight excluding hydrogens is 176 g/mol. The van der Waals surface area contributed by atoms with Crippen molar-refractivity contribution in [3.63, 3.8) is 0 Å². The number of nitrogens with two attached hydrogens (primary N) is 1. The minimum absolute atomic E-state index is 0.329. The Bertz CT molecular complexity index is 142. The van der Waals surface area contributed by atoms with E-state index in [1.807, 2.05) is 0 Å². The van der Waals surface area contributed by atoms with Gasteiger partial charge in [0.15, 0.2) is 0 Å². The van der Waals surface area contributed by atoms with E-state index >= 15 is 0 Å². The second-order valence-corrected chi connectivity index (χ2v) is 4.64. The Labute approximate surface area is 87.3 Å². The molecule has 1 aliphatic heterocycles. The average molecular weight is 200 g/mol. The molecule has 1 aliphatic rings. The van der Waals surface area contributed by atoms with Crippen molar-refractivity contribution in [2.75, 3.05) is 26.2 Å². The maximum Gasteiger partial charge on any atom is 0.0431 e. The Hall–Kier alpha value is -0.120. The van der Waals surface area contributed by atoms with Crippen LogP contribution in [-0.4, -0.2) is 42.3 Å². The van der Waals surface area contributed by atoms with Crippen molar-refractivity contribution in [3.8, 4) is 0 Å². The molecule has 0 aromatic carbocycles. The standard InChI is InChI=1S/C11H24N2O/c1-10-7-11(12)9-13(8-10)5-3-2-4-6-14/h10-11,14H,2-9,12H2,1H3. The van der Waals surface area contributed by atoms with Crippen molar-refractivity contribution in [2.24, 2.45) is 11.7 Å². The number of aliphatic hydroxyl groups excluding tert-OH is 1. The van der Waals surface area contributed by atoms with E-state index in [1.165, 1.54) is 19.4 Å². The van der Waals surface area contributed by atoms with Crippen LogP contribution in [0.2, 0.25) is 0 Å². The molecular formula is C11H24N2O. The number of piperidine rings is 1. The molecule has 0 spiro atoms. The second-order valence-electron chi connectivity index (χ2n) is 4.64. The van der Waals surface area contributed by atoms with Crippen LogP contribution < -0.4 is 5.73 Å². The second kappa shape index (κ2) is 6.38. The van der Waals surface area contributed by atoms with E-state index in [1.54, 1.807) is 0 Å². The number of unbranched alkanes of at least 4 members (excludes halogenated alkanes) is 2. The van der Waals surface area contributed by atoms with Crippen molar-refractivity contribution in [2.45, 2.75) is 38.6 Å². The van der Waals surface area contributed by atoms with Crippen LogP contribution in [0.1, 0.15) is 32.6 Å². The van der Waals surface area contributed by atoms with Crippen LogP contribution in [-0.2, 0) is 0 Å². The Morgan fingerprint density at radius 1 is 1.29 bits per heavy atom. The normalized spacial score (nSPS) is 29.4. The third-order valence-corrected chi connectivity index (χ3v) is 2.90. The lowest BCUT2D eigenvalue weighted by atomic mass is 9.96.